The summed E-state index contributed by atoms with van der Waals surface area (Å²) >= 11 is 1.62. The Morgan fingerprint density at radius 3 is 2.31 bits per heavy atom. The van der Waals surface area contributed by atoms with Gasteiger partial charge in [-0.25, -0.2) is 4.98 Å². The Morgan fingerprint density at radius 1 is 1.03 bits per heavy atom. The molecule has 3 amide bonds. The van der Waals surface area contributed by atoms with Gasteiger partial charge in [-0.05, 0) is 38.3 Å². The van der Waals surface area contributed by atoms with Crippen molar-refractivity contribution in [1.82, 2.24) is 19.9 Å². The average molecular weight is 541 g/mol. The first kappa shape index (κ1) is 25.2. The predicted molar refractivity (Wildman–Crippen MR) is 147 cm³/mol. The fraction of sp³-hybridized carbons (Fsp3) is 0.300. The molecule has 0 aliphatic carbocycles. The number of piperidine rings is 1. The van der Waals surface area contributed by atoms with Crippen LogP contribution in [-0.4, -0.2) is 56.8 Å². The fourth-order valence-electron chi connectivity index (χ4n) is 5.57. The largest absolute Gasteiger partial charge is 0.360 e. The normalized spacial score (nSPS) is 16.6. The lowest BCUT2D eigenvalue weighted by Gasteiger charge is -2.35. The summed E-state index contributed by atoms with van der Waals surface area (Å²) in [7, 11) is 0. The summed E-state index contributed by atoms with van der Waals surface area (Å²) in [5.74, 6) is 0.00935. The number of aryl methyl sites for hydroxylation is 1. The lowest BCUT2D eigenvalue weighted by atomic mass is 9.96. The Labute approximate surface area is 230 Å². The molecule has 1 unspecified atom stereocenters. The van der Waals surface area contributed by atoms with Crippen LogP contribution in [0.3, 0.4) is 0 Å². The van der Waals surface area contributed by atoms with Crippen molar-refractivity contribution in [2.24, 2.45) is 0 Å². The Hall–Kier alpha value is -4.11. The fourth-order valence-corrected chi connectivity index (χ4v) is 6.56. The summed E-state index contributed by atoms with van der Waals surface area (Å²) in [6, 6.07) is 15.9. The van der Waals surface area contributed by atoms with Crippen LogP contribution >= 0.6 is 11.3 Å². The van der Waals surface area contributed by atoms with Gasteiger partial charge in [0, 0.05) is 30.0 Å². The highest BCUT2D eigenvalue weighted by atomic mass is 32.1. The molecule has 198 valence electrons. The first-order valence-electron chi connectivity index (χ1n) is 13.2. The van der Waals surface area contributed by atoms with Crippen LogP contribution in [0.5, 0.6) is 0 Å². The van der Waals surface area contributed by atoms with Crippen molar-refractivity contribution in [3.8, 4) is 22.5 Å². The highest BCUT2D eigenvalue weighted by Gasteiger charge is 2.43. The van der Waals surface area contributed by atoms with Gasteiger partial charge in [-0.1, -0.05) is 54.5 Å². The van der Waals surface area contributed by atoms with E-state index in [0.717, 1.165) is 51.0 Å². The third-order valence-electron chi connectivity index (χ3n) is 7.65. The number of hydrogen-bond donors (Lipinski definition) is 0. The number of imide groups is 1. The van der Waals surface area contributed by atoms with Gasteiger partial charge in [-0.2, -0.15) is 0 Å². The maximum Gasteiger partial charge on any atom is 0.262 e. The zero-order valence-corrected chi connectivity index (χ0v) is 22.6. The number of carbonyl (C=O) groups is 3. The van der Waals surface area contributed by atoms with E-state index in [9.17, 15) is 14.4 Å². The maximum atomic E-state index is 13.5. The number of rotatable bonds is 6. The second-order valence-corrected chi connectivity index (χ2v) is 10.8. The average Bonchev–Trinajstić information content (AvgIpc) is 3.67. The highest BCUT2D eigenvalue weighted by Crippen LogP contribution is 2.38. The molecule has 39 heavy (non-hydrogen) atoms. The Bertz CT molecular complexity index is 1520. The molecule has 0 N–H and O–H groups in total. The molecule has 2 aliphatic heterocycles. The highest BCUT2D eigenvalue weighted by molar-refractivity contribution is 7.10. The quantitative estimate of drug-likeness (QED) is 0.297. The van der Waals surface area contributed by atoms with Gasteiger partial charge in [0.1, 0.15) is 17.5 Å². The topological polar surface area (TPSA) is 96.6 Å². The summed E-state index contributed by atoms with van der Waals surface area (Å²) in [6.45, 7) is 4.85. The molecule has 2 aliphatic rings. The summed E-state index contributed by atoms with van der Waals surface area (Å²) in [6.07, 6.45) is 1.92. The van der Waals surface area contributed by atoms with E-state index in [4.69, 9.17) is 9.51 Å². The second kappa shape index (κ2) is 10.2. The zero-order valence-electron chi connectivity index (χ0n) is 21.8. The van der Waals surface area contributed by atoms with Crippen LogP contribution < -0.4 is 0 Å². The number of amides is 3. The van der Waals surface area contributed by atoms with Crippen molar-refractivity contribution in [1.29, 1.82) is 0 Å². The van der Waals surface area contributed by atoms with Crippen molar-refractivity contribution in [2.75, 3.05) is 13.1 Å². The van der Waals surface area contributed by atoms with Crippen LogP contribution in [0, 0.1) is 6.92 Å². The lowest BCUT2D eigenvalue weighted by Crippen LogP contribution is -2.52. The smallest absolute Gasteiger partial charge is 0.262 e. The molecule has 1 atom stereocenters. The van der Waals surface area contributed by atoms with Crippen molar-refractivity contribution >= 4 is 29.1 Å². The summed E-state index contributed by atoms with van der Waals surface area (Å²) < 4.78 is 5.53. The summed E-state index contributed by atoms with van der Waals surface area (Å²) in [4.78, 5) is 47.4. The van der Waals surface area contributed by atoms with Crippen LogP contribution in [0.1, 0.15) is 63.6 Å². The molecule has 0 bridgehead atoms. The van der Waals surface area contributed by atoms with Crippen molar-refractivity contribution < 1.29 is 18.9 Å². The van der Waals surface area contributed by atoms with E-state index in [0.29, 0.717) is 30.6 Å². The summed E-state index contributed by atoms with van der Waals surface area (Å²) in [5, 5.41) is 7.37. The lowest BCUT2D eigenvalue weighted by molar-refractivity contribution is -0.136. The van der Waals surface area contributed by atoms with Crippen molar-refractivity contribution in [3.05, 3.63) is 81.9 Å². The monoisotopic (exact) mass is 540 g/mol. The van der Waals surface area contributed by atoms with Gasteiger partial charge in [0.25, 0.3) is 11.8 Å². The minimum Gasteiger partial charge on any atom is -0.360 e. The number of likely N-dealkylation sites (tertiary alicyclic amines) is 1. The van der Waals surface area contributed by atoms with E-state index in [1.165, 1.54) is 0 Å². The van der Waals surface area contributed by atoms with Crippen molar-refractivity contribution in [3.63, 3.8) is 0 Å². The van der Waals surface area contributed by atoms with Gasteiger partial charge in [-0.15, -0.1) is 11.3 Å². The molecular weight excluding hydrogens is 512 g/mol. The van der Waals surface area contributed by atoms with Crippen LogP contribution in [0.2, 0.25) is 0 Å². The number of nitrogens with zero attached hydrogens (tertiary/aromatic N) is 4. The standard InChI is InChI=1S/C30H28N4O4S/c1-3-24(34-28(35)21-11-7-8-12-22(21)29(34)36)30(37)33-15-13-20(14-16-33)27-31-23(17-39-27)25-18(2)38-32-26(25)19-9-5-4-6-10-19/h4-12,17,20,24H,3,13-16H2,1-2H3. The van der Waals surface area contributed by atoms with Gasteiger partial charge < -0.3 is 9.42 Å². The number of thiazole rings is 1. The van der Waals surface area contributed by atoms with E-state index in [-0.39, 0.29) is 23.6 Å². The van der Waals surface area contributed by atoms with Gasteiger partial charge in [0.05, 0.1) is 27.4 Å². The third kappa shape index (κ3) is 4.36. The molecule has 4 aromatic rings. The molecule has 4 heterocycles. The molecule has 2 aromatic heterocycles. The van der Waals surface area contributed by atoms with Crippen molar-refractivity contribution in [2.45, 2.75) is 45.1 Å². The van der Waals surface area contributed by atoms with E-state index in [1.54, 1.807) is 40.5 Å². The Kier molecular flexibility index (Phi) is 6.60. The zero-order chi connectivity index (χ0) is 27.1. The van der Waals surface area contributed by atoms with Crippen LogP contribution in [0.25, 0.3) is 22.5 Å². The van der Waals surface area contributed by atoms with Gasteiger partial charge in [0.15, 0.2) is 0 Å². The van der Waals surface area contributed by atoms with E-state index < -0.39 is 6.04 Å². The molecular formula is C30H28N4O4S. The van der Waals surface area contributed by atoms with Crippen LogP contribution in [-0.2, 0) is 4.79 Å². The van der Waals surface area contributed by atoms with E-state index in [1.807, 2.05) is 49.6 Å². The third-order valence-corrected chi connectivity index (χ3v) is 8.66. The molecule has 8 nitrogen and oxygen atoms in total. The Balaban J connectivity index is 1.15. The molecule has 1 saturated heterocycles. The predicted octanol–water partition coefficient (Wildman–Crippen LogP) is 5.55. The molecule has 2 aromatic carbocycles. The second-order valence-electron chi connectivity index (χ2n) is 9.95. The molecule has 1 fully saturated rings. The molecule has 0 saturated carbocycles. The van der Waals surface area contributed by atoms with Crippen LogP contribution in [0.4, 0.5) is 0 Å². The molecule has 0 spiro atoms. The molecule has 0 radical (unpaired) electrons. The van der Waals surface area contributed by atoms with Gasteiger partial charge in [-0.3, -0.25) is 19.3 Å². The molecule has 6 rings (SSSR count). The number of aromatic nitrogens is 2. The minimum absolute atomic E-state index is 0.169. The minimum atomic E-state index is -0.798. The molecule has 9 heteroatoms. The number of benzene rings is 2. The number of hydrogen-bond acceptors (Lipinski definition) is 7. The first-order valence-corrected chi connectivity index (χ1v) is 14.1. The van der Waals surface area contributed by atoms with E-state index in [2.05, 4.69) is 5.16 Å². The number of fused-ring (bicyclic) bond motifs is 1. The maximum absolute atomic E-state index is 13.5. The van der Waals surface area contributed by atoms with Gasteiger partial charge in [0.2, 0.25) is 5.91 Å². The Morgan fingerprint density at radius 2 is 1.67 bits per heavy atom. The first-order chi connectivity index (χ1) is 19.0. The van der Waals surface area contributed by atoms with Crippen LogP contribution in [0.15, 0.2) is 64.5 Å². The van der Waals surface area contributed by atoms with E-state index >= 15 is 0 Å². The summed E-state index contributed by atoms with van der Waals surface area (Å²) in [5.41, 5.74) is 4.25. The van der Waals surface area contributed by atoms with Gasteiger partial charge >= 0.3 is 0 Å². The number of carbonyl (C=O) groups excluding carboxylic acids is 3. The SMILES string of the molecule is CCC(C(=O)N1CCC(c2nc(-c3c(-c4ccccc4)noc3C)cs2)CC1)N1C(=O)c2ccccc2C1=O.